The van der Waals surface area contributed by atoms with Gasteiger partial charge in [0.25, 0.3) is 5.91 Å². The molecule has 0 fully saturated rings. The van der Waals surface area contributed by atoms with Gasteiger partial charge in [0.15, 0.2) is 0 Å². The molecule has 0 aliphatic carbocycles. The van der Waals surface area contributed by atoms with Gasteiger partial charge in [-0.3, -0.25) is 15.4 Å². The molecule has 2 aromatic carbocycles. The zero-order valence-electron chi connectivity index (χ0n) is 16.4. The molecule has 10 heteroatoms. The fraction of sp³-hybridized carbons (Fsp3) is 0.190. The Balaban J connectivity index is 1.83. The van der Waals surface area contributed by atoms with E-state index in [1.165, 1.54) is 16.3 Å². The zero-order chi connectivity index (χ0) is 22.4. The van der Waals surface area contributed by atoms with Crippen LogP contribution in [0.2, 0.25) is 5.02 Å². The molecule has 2 atom stereocenters. The summed E-state index contributed by atoms with van der Waals surface area (Å²) in [5, 5.41) is 15.4. The van der Waals surface area contributed by atoms with Crippen LogP contribution in [0.1, 0.15) is 40.1 Å². The number of amides is 1. The Labute approximate surface area is 188 Å². The van der Waals surface area contributed by atoms with Gasteiger partial charge in [-0.2, -0.15) is 0 Å². The van der Waals surface area contributed by atoms with Crippen molar-refractivity contribution in [3.63, 3.8) is 0 Å². The van der Waals surface area contributed by atoms with Crippen molar-refractivity contribution in [2.24, 2.45) is 11.6 Å². The van der Waals surface area contributed by atoms with Crippen LogP contribution in [0.4, 0.5) is 5.69 Å². The summed E-state index contributed by atoms with van der Waals surface area (Å²) in [7, 11) is 0. The average molecular weight is 460 g/mol. The lowest BCUT2D eigenvalue weighted by molar-refractivity contribution is -0.137. The molecule has 1 unspecified atom stereocenters. The number of carboxylic acids is 1. The number of carboxylic acid groups (broad SMARTS) is 1. The van der Waals surface area contributed by atoms with Gasteiger partial charge in [-0.25, -0.2) is 9.99 Å². The lowest BCUT2D eigenvalue weighted by Crippen LogP contribution is -2.42. The molecular weight excluding hydrogens is 438 g/mol. The number of hydrogen-bond acceptors (Lipinski definition) is 7. The molecule has 0 aliphatic rings. The second-order valence-electron chi connectivity index (χ2n) is 6.86. The molecule has 0 radical (unpaired) electrons. The maximum absolute atomic E-state index is 12.2. The third-order valence-corrected chi connectivity index (χ3v) is 5.51. The van der Waals surface area contributed by atoms with Crippen LogP contribution in [0.15, 0.2) is 59.4 Å². The number of rotatable bonds is 9. The summed E-state index contributed by atoms with van der Waals surface area (Å²) in [6.07, 6.45) is -0.128. The highest BCUT2D eigenvalue weighted by Crippen LogP contribution is 2.32. The number of nitrogens with one attached hydrogen (secondary N) is 1. The van der Waals surface area contributed by atoms with Crippen molar-refractivity contribution >= 4 is 40.5 Å². The van der Waals surface area contributed by atoms with Gasteiger partial charge in [0.05, 0.1) is 24.0 Å². The maximum atomic E-state index is 12.2. The van der Waals surface area contributed by atoms with Crippen LogP contribution in [0.5, 0.6) is 0 Å². The summed E-state index contributed by atoms with van der Waals surface area (Å²) in [5.41, 5.74) is 10.6. The Morgan fingerprint density at radius 3 is 2.55 bits per heavy atom. The van der Waals surface area contributed by atoms with E-state index in [0.29, 0.717) is 16.4 Å². The van der Waals surface area contributed by atoms with Crippen molar-refractivity contribution in [3.05, 3.63) is 81.3 Å². The molecule has 3 rings (SSSR count). The van der Waals surface area contributed by atoms with E-state index >= 15 is 0 Å². The Kier molecular flexibility index (Phi) is 7.72. The van der Waals surface area contributed by atoms with E-state index in [1.807, 2.05) is 6.07 Å². The van der Waals surface area contributed by atoms with E-state index in [4.69, 9.17) is 28.3 Å². The standard InChI is InChI=1S/C21H22ClN5O3S/c22-15-3-1-2-14(10-15)19(23)20(27(24)9-8-18(28)29)13-4-6-16(7-5-13)26-21(30)17-11-31-12-25-17/h1-7,10-12,19-20H,8-9,23-24H2,(H,26,30)(H,28,29)/t19?,20-/m1/s1. The molecule has 8 nitrogen and oxygen atoms in total. The van der Waals surface area contributed by atoms with E-state index < -0.39 is 18.1 Å². The number of aliphatic carboxylic acids is 1. The van der Waals surface area contributed by atoms with Crippen LogP contribution >= 0.6 is 22.9 Å². The fourth-order valence-electron chi connectivity index (χ4n) is 3.15. The number of carbonyl (C=O) groups is 2. The number of nitrogens with zero attached hydrogens (tertiary/aromatic N) is 2. The van der Waals surface area contributed by atoms with Crippen LogP contribution < -0.4 is 16.9 Å². The van der Waals surface area contributed by atoms with E-state index in [9.17, 15) is 9.59 Å². The molecule has 162 valence electrons. The molecule has 0 aliphatic heterocycles. The van der Waals surface area contributed by atoms with Crippen LogP contribution in [-0.2, 0) is 4.79 Å². The second kappa shape index (κ2) is 10.5. The number of benzene rings is 2. The number of hydrazine groups is 1. The van der Waals surface area contributed by atoms with Gasteiger partial charge in [-0.05, 0) is 35.4 Å². The summed E-state index contributed by atoms with van der Waals surface area (Å²) >= 11 is 7.45. The van der Waals surface area contributed by atoms with Gasteiger partial charge >= 0.3 is 5.97 Å². The quantitative estimate of drug-likeness (QED) is 0.284. The molecule has 0 bridgehead atoms. The zero-order valence-corrected chi connectivity index (χ0v) is 18.0. The normalized spacial score (nSPS) is 13.0. The molecule has 1 heterocycles. The Hall–Kier alpha value is -2.82. The number of halogens is 1. The number of nitrogens with two attached hydrogens (primary N) is 2. The Morgan fingerprint density at radius 2 is 1.94 bits per heavy atom. The van der Waals surface area contributed by atoms with Gasteiger partial charge in [-0.15, -0.1) is 11.3 Å². The molecule has 1 amide bonds. The number of carbonyl (C=O) groups excluding carboxylic acids is 1. The van der Waals surface area contributed by atoms with Gasteiger partial charge in [-0.1, -0.05) is 35.9 Å². The Morgan fingerprint density at radius 1 is 1.19 bits per heavy atom. The topological polar surface area (TPSA) is 135 Å². The van der Waals surface area contributed by atoms with Gasteiger partial charge < -0.3 is 16.2 Å². The van der Waals surface area contributed by atoms with Gasteiger partial charge in [0.1, 0.15) is 5.69 Å². The van der Waals surface area contributed by atoms with Crippen molar-refractivity contribution in [2.45, 2.75) is 18.5 Å². The second-order valence-corrected chi connectivity index (χ2v) is 8.01. The molecule has 0 saturated heterocycles. The first-order chi connectivity index (χ1) is 14.8. The summed E-state index contributed by atoms with van der Waals surface area (Å²) in [5.74, 6) is 4.98. The van der Waals surface area contributed by atoms with Crippen molar-refractivity contribution in [2.75, 3.05) is 11.9 Å². The Bertz CT molecular complexity index is 1030. The number of aromatic nitrogens is 1. The number of thiazole rings is 1. The number of anilines is 1. The van der Waals surface area contributed by atoms with E-state index in [-0.39, 0.29) is 18.9 Å². The van der Waals surface area contributed by atoms with Crippen molar-refractivity contribution in [1.29, 1.82) is 0 Å². The van der Waals surface area contributed by atoms with Crippen molar-refractivity contribution in [1.82, 2.24) is 9.99 Å². The van der Waals surface area contributed by atoms with E-state index in [2.05, 4.69) is 10.3 Å². The van der Waals surface area contributed by atoms with Gasteiger partial charge in [0, 0.05) is 22.6 Å². The van der Waals surface area contributed by atoms with Gasteiger partial charge in [0.2, 0.25) is 0 Å². The van der Waals surface area contributed by atoms with E-state index in [0.717, 1.165) is 11.1 Å². The monoisotopic (exact) mass is 459 g/mol. The maximum Gasteiger partial charge on any atom is 0.304 e. The molecule has 0 saturated carbocycles. The minimum Gasteiger partial charge on any atom is -0.481 e. The minimum absolute atomic E-state index is 0.108. The highest BCUT2D eigenvalue weighted by molar-refractivity contribution is 7.07. The lowest BCUT2D eigenvalue weighted by Gasteiger charge is -2.33. The first kappa shape index (κ1) is 22.9. The number of hydrogen-bond donors (Lipinski definition) is 4. The first-order valence-electron chi connectivity index (χ1n) is 9.39. The predicted molar refractivity (Wildman–Crippen MR) is 121 cm³/mol. The van der Waals surface area contributed by atoms with Crippen molar-refractivity contribution in [3.8, 4) is 0 Å². The largest absolute Gasteiger partial charge is 0.481 e. The third-order valence-electron chi connectivity index (χ3n) is 4.69. The lowest BCUT2D eigenvalue weighted by atomic mass is 9.93. The summed E-state index contributed by atoms with van der Waals surface area (Å²) in [6, 6.07) is 13.1. The highest BCUT2D eigenvalue weighted by Gasteiger charge is 2.27. The molecule has 1 aromatic heterocycles. The molecule has 31 heavy (non-hydrogen) atoms. The SMILES string of the molecule is NC(c1cccc(Cl)c1)[C@@H](c1ccc(NC(=O)c2cscn2)cc1)N(N)CCC(=O)O. The van der Waals surface area contributed by atoms with Crippen LogP contribution in [0, 0.1) is 0 Å². The van der Waals surface area contributed by atoms with Crippen LogP contribution in [0.25, 0.3) is 0 Å². The van der Waals surface area contributed by atoms with Crippen molar-refractivity contribution < 1.29 is 14.7 Å². The summed E-state index contributed by atoms with van der Waals surface area (Å²) < 4.78 is 0. The molecule has 6 N–H and O–H groups in total. The summed E-state index contributed by atoms with van der Waals surface area (Å²) in [6.45, 7) is 0.108. The fourth-order valence-corrected chi connectivity index (χ4v) is 3.88. The summed E-state index contributed by atoms with van der Waals surface area (Å²) in [4.78, 5) is 27.2. The van der Waals surface area contributed by atoms with Crippen LogP contribution in [-0.4, -0.2) is 33.5 Å². The highest BCUT2D eigenvalue weighted by atomic mass is 35.5. The molecule has 0 spiro atoms. The predicted octanol–water partition coefficient (Wildman–Crippen LogP) is 3.44. The van der Waals surface area contributed by atoms with E-state index in [1.54, 1.807) is 53.4 Å². The first-order valence-corrected chi connectivity index (χ1v) is 10.7. The molecule has 3 aromatic rings. The minimum atomic E-state index is -0.953. The average Bonchev–Trinajstić information content (AvgIpc) is 3.29. The molecular formula is C21H22ClN5O3S. The third kappa shape index (κ3) is 6.09. The van der Waals surface area contributed by atoms with Crippen LogP contribution in [0.3, 0.4) is 0 Å². The smallest absolute Gasteiger partial charge is 0.304 e.